The third kappa shape index (κ3) is 4.33. The van der Waals surface area contributed by atoms with Gasteiger partial charge in [0.2, 0.25) is 0 Å². The number of aromatic nitrogens is 3. The molecule has 1 aliphatic rings. The van der Waals surface area contributed by atoms with Crippen LogP contribution in [0.3, 0.4) is 0 Å². The molecule has 6 nitrogen and oxygen atoms in total. The molecule has 2 unspecified atom stereocenters. The average molecular weight is 441 g/mol. The molecule has 1 N–H and O–H groups in total. The van der Waals surface area contributed by atoms with Gasteiger partial charge >= 0.3 is 0 Å². The van der Waals surface area contributed by atoms with Crippen LogP contribution in [0.1, 0.15) is 29.9 Å². The van der Waals surface area contributed by atoms with Gasteiger partial charge in [-0.3, -0.25) is 4.98 Å². The second kappa shape index (κ2) is 9.12. The highest BCUT2D eigenvalue weighted by Gasteiger charge is 2.41. The molecule has 4 heterocycles. The number of hydrogen-bond donors (Lipinski definition) is 1. The normalized spacial score (nSPS) is 18.8. The second-order valence-corrected chi connectivity index (χ2v) is 8.44. The molecule has 0 saturated carbocycles. The minimum atomic E-state index is -0.0426. The minimum absolute atomic E-state index is 0.00189. The number of thiocarbonyl (C=S) groups is 1. The molecule has 1 fully saturated rings. The van der Waals surface area contributed by atoms with E-state index in [-0.39, 0.29) is 12.1 Å². The molecule has 156 valence electrons. The molecule has 0 spiro atoms. The Morgan fingerprint density at radius 1 is 1.13 bits per heavy atom. The summed E-state index contributed by atoms with van der Waals surface area (Å²) in [7, 11) is 4.18. The fourth-order valence-corrected chi connectivity index (χ4v) is 4.32. The van der Waals surface area contributed by atoms with Crippen molar-refractivity contribution in [3.05, 3.63) is 77.5 Å². The van der Waals surface area contributed by atoms with Crippen LogP contribution in [0.4, 0.5) is 0 Å². The molecule has 4 rings (SSSR count). The van der Waals surface area contributed by atoms with E-state index in [1.807, 2.05) is 48.8 Å². The fourth-order valence-electron chi connectivity index (χ4n) is 3.88. The second-order valence-electron chi connectivity index (χ2n) is 7.61. The Bertz CT molecular complexity index is 988. The third-order valence-electron chi connectivity index (χ3n) is 5.24. The molecule has 30 heavy (non-hydrogen) atoms. The zero-order valence-corrected chi connectivity index (χ0v) is 18.6. The quantitative estimate of drug-likeness (QED) is 0.563. The average Bonchev–Trinajstić information content (AvgIpc) is 3.34. The van der Waals surface area contributed by atoms with Gasteiger partial charge in [-0.2, -0.15) is 0 Å². The van der Waals surface area contributed by atoms with Crippen molar-refractivity contribution >= 4 is 28.9 Å². The summed E-state index contributed by atoms with van der Waals surface area (Å²) in [4.78, 5) is 13.6. The Morgan fingerprint density at radius 2 is 2.00 bits per heavy atom. The Labute approximate surface area is 187 Å². The smallest absolute Gasteiger partial charge is 0.170 e. The molecule has 2 atom stereocenters. The summed E-state index contributed by atoms with van der Waals surface area (Å²) in [6.45, 7) is 1.86. The lowest BCUT2D eigenvalue weighted by Crippen LogP contribution is -2.33. The highest BCUT2D eigenvalue weighted by molar-refractivity contribution is 7.80. The monoisotopic (exact) mass is 440 g/mol. The van der Waals surface area contributed by atoms with E-state index in [1.165, 1.54) is 0 Å². The Balaban J connectivity index is 1.73. The van der Waals surface area contributed by atoms with Crippen molar-refractivity contribution < 1.29 is 0 Å². The predicted molar refractivity (Wildman–Crippen MR) is 124 cm³/mol. The standard InChI is InChI=1S/C22H25ClN6S/c1-27(2)12-6-14-29-21(20(26-22(29)30)17-7-3-4-11-24-17)18-8-5-13-28(18)19-10-9-16(23)15-25-19/h3-5,7-11,13,15,20-21H,6,12,14H2,1-2H3,(H,26,30). The summed E-state index contributed by atoms with van der Waals surface area (Å²) in [5.41, 5.74) is 2.08. The topological polar surface area (TPSA) is 49.2 Å². The summed E-state index contributed by atoms with van der Waals surface area (Å²) in [6.07, 6.45) is 6.54. The maximum atomic E-state index is 6.05. The van der Waals surface area contributed by atoms with Gasteiger partial charge in [-0.25, -0.2) is 4.98 Å². The molecular formula is C22H25ClN6S. The van der Waals surface area contributed by atoms with E-state index in [2.05, 4.69) is 49.8 Å². The zero-order valence-electron chi connectivity index (χ0n) is 17.1. The Hall–Kier alpha value is -2.48. The van der Waals surface area contributed by atoms with Crippen molar-refractivity contribution in [2.24, 2.45) is 0 Å². The molecule has 1 saturated heterocycles. The summed E-state index contributed by atoms with van der Waals surface area (Å²) >= 11 is 11.8. The van der Waals surface area contributed by atoms with Gasteiger partial charge in [-0.05, 0) is 75.7 Å². The van der Waals surface area contributed by atoms with E-state index in [0.29, 0.717) is 5.02 Å². The molecule has 0 amide bonds. The van der Waals surface area contributed by atoms with Gasteiger partial charge in [0.15, 0.2) is 5.11 Å². The molecule has 0 aliphatic carbocycles. The van der Waals surface area contributed by atoms with E-state index in [1.54, 1.807) is 6.20 Å². The van der Waals surface area contributed by atoms with Crippen molar-refractivity contribution in [1.29, 1.82) is 0 Å². The molecular weight excluding hydrogens is 416 g/mol. The van der Waals surface area contributed by atoms with Gasteiger partial charge in [0, 0.05) is 30.8 Å². The molecule has 1 aliphatic heterocycles. The first-order chi connectivity index (χ1) is 14.5. The van der Waals surface area contributed by atoms with Crippen molar-refractivity contribution in [3.63, 3.8) is 0 Å². The minimum Gasteiger partial charge on any atom is -0.352 e. The summed E-state index contributed by atoms with van der Waals surface area (Å²) in [5.74, 6) is 0.824. The highest BCUT2D eigenvalue weighted by Crippen LogP contribution is 2.39. The Morgan fingerprint density at radius 3 is 2.70 bits per heavy atom. The SMILES string of the molecule is CN(C)CCCN1C(=S)NC(c2ccccn2)C1c1cccn1-c1ccc(Cl)cn1. The summed E-state index contributed by atoms with van der Waals surface area (Å²) in [6, 6.07) is 13.9. The fraction of sp³-hybridized carbons (Fsp3) is 0.318. The van der Waals surface area contributed by atoms with E-state index in [0.717, 1.165) is 41.8 Å². The molecule has 0 bridgehead atoms. The summed E-state index contributed by atoms with van der Waals surface area (Å²) < 4.78 is 2.10. The molecule has 0 aromatic carbocycles. The zero-order chi connectivity index (χ0) is 21.1. The largest absolute Gasteiger partial charge is 0.352 e. The lowest BCUT2D eigenvalue weighted by atomic mass is 10.0. The van der Waals surface area contributed by atoms with Crippen molar-refractivity contribution in [3.8, 4) is 5.82 Å². The maximum absolute atomic E-state index is 6.05. The number of halogens is 1. The Kier molecular flexibility index (Phi) is 6.32. The van der Waals surface area contributed by atoms with E-state index < -0.39 is 0 Å². The van der Waals surface area contributed by atoms with Crippen LogP contribution in [0.5, 0.6) is 0 Å². The first kappa shape index (κ1) is 20.8. The van der Waals surface area contributed by atoms with Crippen LogP contribution in [0, 0.1) is 0 Å². The number of rotatable bonds is 7. The van der Waals surface area contributed by atoms with Crippen LogP contribution in [0.15, 0.2) is 61.1 Å². The lowest BCUT2D eigenvalue weighted by Gasteiger charge is -2.29. The van der Waals surface area contributed by atoms with Crippen molar-refractivity contribution in [1.82, 2.24) is 29.7 Å². The van der Waals surface area contributed by atoms with Gasteiger partial charge in [-0.15, -0.1) is 0 Å². The third-order valence-corrected chi connectivity index (χ3v) is 5.82. The molecule has 0 radical (unpaired) electrons. The van der Waals surface area contributed by atoms with E-state index in [9.17, 15) is 0 Å². The van der Waals surface area contributed by atoms with Crippen LogP contribution in [0.2, 0.25) is 5.02 Å². The predicted octanol–water partition coefficient (Wildman–Crippen LogP) is 3.84. The lowest BCUT2D eigenvalue weighted by molar-refractivity contribution is 0.286. The van der Waals surface area contributed by atoms with Gasteiger partial charge in [-0.1, -0.05) is 17.7 Å². The van der Waals surface area contributed by atoms with E-state index >= 15 is 0 Å². The van der Waals surface area contributed by atoms with Gasteiger partial charge in [0.1, 0.15) is 5.82 Å². The first-order valence-electron chi connectivity index (χ1n) is 9.96. The van der Waals surface area contributed by atoms with Crippen LogP contribution in [-0.4, -0.2) is 56.6 Å². The number of nitrogens with zero attached hydrogens (tertiary/aromatic N) is 5. The number of nitrogens with one attached hydrogen (secondary N) is 1. The van der Waals surface area contributed by atoms with Gasteiger partial charge in [0.25, 0.3) is 0 Å². The van der Waals surface area contributed by atoms with E-state index in [4.69, 9.17) is 23.8 Å². The van der Waals surface area contributed by atoms with Gasteiger partial charge < -0.3 is 19.7 Å². The number of hydrogen-bond acceptors (Lipinski definition) is 4. The molecule has 8 heteroatoms. The van der Waals surface area contributed by atoms with Crippen LogP contribution in [0.25, 0.3) is 5.82 Å². The molecule has 3 aromatic heterocycles. The van der Waals surface area contributed by atoms with Crippen molar-refractivity contribution in [2.45, 2.75) is 18.5 Å². The number of pyridine rings is 2. The molecule has 3 aromatic rings. The maximum Gasteiger partial charge on any atom is 0.170 e. The first-order valence-corrected chi connectivity index (χ1v) is 10.7. The van der Waals surface area contributed by atoms with Crippen LogP contribution in [-0.2, 0) is 0 Å². The highest BCUT2D eigenvalue weighted by atomic mass is 35.5. The van der Waals surface area contributed by atoms with Crippen molar-refractivity contribution in [2.75, 3.05) is 27.2 Å². The van der Waals surface area contributed by atoms with Crippen LogP contribution < -0.4 is 5.32 Å². The van der Waals surface area contributed by atoms with Gasteiger partial charge in [0.05, 0.1) is 22.8 Å². The summed E-state index contributed by atoms with van der Waals surface area (Å²) in [5, 5.41) is 4.89. The van der Waals surface area contributed by atoms with Crippen LogP contribution >= 0.6 is 23.8 Å².